The minimum Gasteiger partial charge on any atom is -0.305 e. The molecule has 194 valence electrons. The van der Waals surface area contributed by atoms with Crippen molar-refractivity contribution in [1.82, 2.24) is 4.31 Å². The molecule has 2 aromatic carbocycles. The number of benzene rings is 2. The molecular formula is C29H39NO4SSi. The first kappa shape index (κ1) is 28.1. The predicted octanol–water partition coefficient (Wildman–Crippen LogP) is 6.28. The molecule has 1 amide bonds. The minimum atomic E-state index is -4.16. The Kier molecular flexibility index (Phi) is 7.34. The number of carbonyl (C=O) groups excluding carboxylic acids is 2. The molecule has 1 heterocycles. The van der Waals surface area contributed by atoms with Crippen LogP contribution in [-0.2, 0) is 25.0 Å². The molecule has 0 fully saturated rings. The van der Waals surface area contributed by atoms with Crippen LogP contribution in [0.1, 0.15) is 64.7 Å². The zero-order chi connectivity index (χ0) is 27.3. The number of amides is 1. The fourth-order valence-electron chi connectivity index (χ4n) is 4.09. The monoisotopic (exact) mass is 525 g/mol. The van der Waals surface area contributed by atoms with Crippen molar-refractivity contribution in [3.05, 3.63) is 71.3 Å². The summed E-state index contributed by atoms with van der Waals surface area (Å²) in [5.41, 5.74) is 2.96. The summed E-state index contributed by atoms with van der Waals surface area (Å²) in [6, 6.07) is 13.3. The normalized spacial score (nSPS) is 17.4. The highest BCUT2D eigenvalue weighted by Crippen LogP contribution is 2.40. The molecule has 0 radical (unpaired) electrons. The molecule has 1 aliphatic heterocycles. The Morgan fingerprint density at radius 3 is 1.92 bits per heavy atom. The van der Waals surface area contributed by atoms with Gasteiger partial charge in [0.15, 0.2) is 0 Å². The van der Waals surface area contributed by atoms with Crippen LogP contribution in [-0.4, -0.2) is 38.2 Å². The first-order valence-electron chi connectivity index (χ1n) is 12.4. The largest absolute Gasteiger partial charge is 0.305 e. The molecule has 0 saturated heterocycles. The number of aryl methyl sites for hydroxylation is 1. The smallest absolute Gasteiger partial charge is 0.268 e. The van der Waals surface area contributed by atoms with E-state index in [1.807, 2.05) is 44.3 Å². The van der Waals surface area contributed by atoms with Crippen LogP contribution in [0.4, 0.5) is 0 Å². The van der Waals surface area contributed by atoms with Crippen molar-refractivity contribution in [1.29, 1.82) is 0 Å². The highest BCUT2D eigenvalue weighted by molar-refractivity contribution is 7.89. The van der Waals surface area contributed by atoms with E-state index in [1.165, 1.54) is 12.1 Å². The number of hydrogen-bond donors (Lipinski definition) is 0. The molecule has 1 aliphatic rings. The number of sulfonamides is 1. The summed E-state index contributed by atoms with van der Waals surface area (Å²) in [5, 5.41) is -0.139. The number of rotatable bonds is 6. The number of carbonyl (C=O) groups is 2. The average Bonchev–Trinajstić information content (AvgIpc) is 3.09. The van der Waals surface area contributed by atoms with Crippen molar-refractivity contribution >= 4 is 35.0 Å². The third kappa shape index (κ3) is 5.27. The minimum absolute atomic E-state index is 0.0170. The average molecular weight is 526 g/mol. The molecule has 0 spiro atoms. The second-order valence-corrected chi connectivity index (χ2v) is 19.5. The van der Waals surface area contributed by atoms with E-state index in [4.69, 9.17) is 0 Å². The van der Waals surface area contributed by atoms with Crippen LogP contribution in [0.5, 0.6) is 0 Å². The summed E-state index contributed by atoms with van der Waals surface area (Å²) in [4.78, 5) is 27.3. The molecular weight excluding hydrogens is 486 g/mol. The maximum Gasteiger partial charge on any atom is 0.268 e. The van der Waals surface area contributed by atoms with Gasteiger partial charge in [0.1, 0.15) is 13.5 Å². The predicted molar refractivity (Wildman–Crippen MR) is 149 cm³/mol. The molecule has 0 N–H and O–H groups in total. The van der Waals surface area contributed by atoms with Gasteiger partial charge in [0.05, 0.1) is 10.9 Å². The lowest BCUT2D eigenvalue weighted by Crippen LogP contribution is -2.49. The quantitative estimate of drug-likeness (QED) is 0.416. The van der Waals surface area contributed by atoms with E-state index in [-0.39, 0.29) is 27.2 Å². The van der Waals surface area contributed by atoms with Crippen LogP contribution in [0, 0.1) is 6.92 Å². The standard InChI is InChI=1S/C29H39NO4SSi/c1-20-10-16-24(17-11-20)35(33,34)30-23(19-26(31)36(8,9)29(5,6)7)18-25(27(30)32)21-12-14-22(15-13-21)28(2,3)4/h10-18,23H,19H2,1-9H3. The zero-order valence-electron chi connectivity index (χ0n) is 23.0. The van der Waals surface area contributed by atoms with Crippen molar-refractivity contribution in [2.75, 3.05) is 0 Å². The van der Waals surface area contributed by atoms with Crippen molar-refractivity contribution < 1.29 is 18.0 Å². The third-order valence-electron chi connectivity index (χ3n) is 7.70. The first-order valence-corrected chi connectivity index (χ1v) is 16.8. The van der Waals surface area contributed by atoms with Crippen molar-refractivity contribution in [2.24, 2.45) is 0 Å². The molecule has 0 aliphatic carbocycles. The Morgan fingerprint density at radius 1 is 0.917 bits per heavy atom. The molecule has 0 saturated carbocycles. The van der Waals surface area contributed by atoms with Gasteiger partial charge in [-0.3, -0.25) is 4.79 Å². The topological polar surface area (TPSA) is 71.5 Å². The summed E-state index contributed by atoms with van der Waals surface area (Å²) in [5.74, 6) is -0.591. The molecule has 0 aromatic heterocycles. The Hall–Kier alpha value is -2.51. The summed E-state index contributed by atoms with van der Waals surface area (Å²) in [7, 11) is -6.56. The lowest BCUT2D eigenvalue weighted by molar-refractivity contribution is -0.121. The fraction of sp³-hybridized carbons (Fsp3) is 0.448. The van der Waals surface area contributed by atoms with E-state index in [2.05, 4.69) is 41.5 Å². The summed E-state index contributed by atoms with van der Waals surface area (Å²) >= 11 is 0. The van der Waals surface area contributed by atoms with Gasteiger partial charge in [-0.05, 0) is 46.7 Å². The Morgan fingerprint density at radius 2 is 1.44 bits per heavy atom. The highest BCUT2D eigenvalue weighted by atomic mass is 32.2. The zero-order valence-corrected chi connectivity index (χ0v) is 24.8. The van der Waals surface area contributed by atoms with E-state index in [9.17, 15) is 18.0 Å². The number of nitrogens with zero attached hydrogens (tertiary/aromatic N) is 1. The van der Waals surface area contributed by atoms with Gasteiger partial charge < -0.3 is 4.79 Å². The Labute approximate surface area is 217 Å². The van der Waals surface area contributed by atoms with Crippen LogP contribution in [0.2, 0.25) is 18.1 Å². The van der Waals surface area contributed by atoms with E-state index >= 15 is 0 Å². The SMILES string of the molecule is Cc1ccc(S(=O)(=O)N2C(=O)C(c3ccc(C(C)(C)C)cc3)=CC2CC(=O)[Si](C)(C)C(C)(C)C)cc1. The van der Waals surface area contributed by atoms with Gasteiger partial charge in [-0.1, -0.05) is 96.6 Å². The molecule has 5 nitrogen and oxygen atoms in total. The van der Waals surface area contributed by atoms with Crippen molar-refractivity contribution in [3.63, 3.8) is 0 Å². The van der Waals surface area contributed by atoms with E-state index in [0.29, 0.717) is 11.1 Å². The second-order valence-electron chi connectivity index (χ2n) is 12.4. The molecule has 0 bridgehead atoms. The molecule has 1 atom stereocenters. The van der Waals surface area contributed by atoms with Crippen molar-refractivity contribution in [3.8, 4) is 0 Å². The van der Waals surface area contributed by atoms with Gasteiger partial charge in [-0.15, -0.1) is 0 Å². The summed E-state index contributed by atoms with van der Waals surface area (Å²) in [6.45, 7) is 18.4. The summed E-state index contributed by atoms with van der Waals surface area (Å²) < 4.78 is 28.4. The van der Waals surface area contributed by atoms with Gasteiger partial charge in [0.25, 0.3) is 15.9 Å². The second kappa shape index (κ2) is 9.42. The van der Waals surface area contributed by atoms with Crippen LogP contribution >= 0.6 is 0 Å². The number of hydrogen-bond acceptors (Lipinski definition) is 4. The van der Waals surface area contributed by atoms with Crippen LogP contribution < -0.4 is 0 Å². The van der Waals surface area contributed by atoms with Gasteiger partial charge in [0, 0.05) is 12.0 Å². The Bertz CT molecular complexity index is 1290. The molecule has 2 aromatic rings. The van der Waals surface area contributed by atoms with Gasteiger partial charge in [-0.2, -0.15) is 0 Å². The summed E-state index contributed by atoms with van der Waals surface area (Å²) in [6.07, 6.45) is 1.65. The van der Waals surface area contributed by atoms with E-state index in [1.54, 1.807) is 18.2 Å². The molecule has 36 heavy (non-hydrogen) atoms. The first-order chi connectivity index (χ1) is 16.4. The van der Waals surface area contributed by atoms with Crippen LogP contribution in [0.15, 0.2) is 59.5 Å². The lowest BCUT2D eigenvalue weighted by Gasteiger charge is -2.36. The van der Waals surface area contributed by atoms with Gasteiger partial charge in [-0.25, -0.2) is 12.7 Å². The van der Waals surface area contributed by atoms with Crippen LogP contribution in [0.25, 0.3) is 5.57 Å². The Balaban J connectivity index is 2.08. The lowest BCUT2D eigenvalue weighted by atomic mass is 9.86. The van der Waals surface area contributed by atoms with Gasteiger partial charge in [0.2, 0.25) is 0 Å². The molecule has 1 unspecified atom stereocenters. The molecule has 3 rings (SSSR count). The van der Waals surface area contributed by atoms with E-state index in [0.717, 1.165) is 15.4 Å². The van der Waals surface area contributed by atoms with Crippen LogP contribution in [0.3, 0.4) is 0 Å². The fourth-order valence-corrected chi connectivity index (χ4v) is 7.16. The highest BCUT2D eigenvalue weighted by Gasteiger charge is 2.47. The maximum absolute atomic E-state index is 13.7. The maximum atomic E-state index is 13.7. The van der Waals surface area contributed by atoms with Gasteiger partial charge >= 0.3 is 0 Å². The van der Waals surface area contributed by atoms with Crippen molar-refractivity contribution in [2.45, 2.75) is 89.4 Å². The van der Waals surface area contributed by atoms with E-state index < -0.39 is 30.0 Å². The third-order valence-corrected chi connectivity index (χ3v) is 14.9. The molecule has 7 heteroatoms.